The molecule has 12 aromatic rings. The molecule has 12 rings (SSSR count). The van der Waals surface area contributed by atoms with E-state index in [1.54, 1.807) is 0 Å². The molecule has 0 bridgehead atoms. The first-order chi connectivity index (χ1) is 29.7. The standard InChI is InChI=1S/C54H42N6O/c1-54(2,3)34-28-29-55-47(30-34)60-46-32-38(61-37-19-15-18-36(31-37)58-33-56(4)44-24-13-14-25-45(44)58)26-27-41(46)50-51-48(49-39-20-9-11-22-42(39)57(5)52(49)53(50)60)40-21-10-12-23-43(40)59(51)35-16-7-6-8-17-35/h6-32H,1-5H3. The monoisotopic (exact) mass is 790 g/mol. The van der Waals surface area contributed by atoms with Crippen LogP contribution in [0.4, 0.5) is 0 Å². The minimum Gasteiger partial charge on any atom is -0.458 e. The maximum atomic E-state index is 6.84. The van der Waals surface area contributed by atoms with Gasteiger partial charge in [-0.2, -0.15) is 0 Å². The molecular weight excluding hydrogens is 749 g/mol. The molecule has 0 aliphatic carbocycles. The van der Waals surface area contributed by atoms with Crippen molar-refractivity contribution in [3.05, 3.63) is 176 Å². The Balaban J connectivity index is 1.21. The Labute approximate surface area is 352 Å². The summed E-state index contributed by atoms with van der Waals surface area (Å²) in [7, 11) is 4.23. The summed E-state index contributed by atoms with van der Waals surface area (Å²) in [6.45, 7) is 6.78. The van der Waals surface area contributed by atoms with Crippen LogP contribution in [0.1, 0.15) is 26.3 Å². The summed E-state index contributed by atoms with van der Waals surface area (Å²) in [4.78, 5) is 5.17. The third-order valence-corrected chi connectivity index (χ3v) is 12.5. The van der Waals surface area contributed by atoms with Crippen molar-refractivity contribution in [2.24, 2.45) is 14.1 Å². The lowest BCUT2D eigenvalue weighted by atomic mass is 9.88. The summed E-state index contributed by atoms with van der Waals surface area (Å²) >= 11 is 0. The van der Waals surface area contributed by atoms with Crippen molar-refractivity contribution in [1.29, 1.82) is 0 Å². The molecule has 0 aliphatic heterocycles. The lowest BCUT2D eigenvalue weighted by molar-refractivity contribution is -0.572. The number of aromatic nitrogens is 6. The van der Waals surface area contributed by atoms with Crippen molar-refractivity contribution < 1.29 is 9.30 Å². The number of hydrogen-bond acceptors (Lipinski definition) is 2. The Morgan fingerprint density at radius 3 is 2.02 bits per heavy atom. The lowest BCUT2D eigenvalue weighted by Gasteiger charge is -2.20. The average Bonchev–Trinajstić information content (AvgIpc) is 4.00. The first-order valence-corrected chi connectivity index (χ1v) is 20.8. The third kappa shape index (κ3) is 5.16. The molecule has 294 valence electrons. The van der Waals surface area contributed by atoms with Crippen LogP contribution in [0.3, 0.4) is 0 Å². The summed E-state index contributed by atoms with van der Waals surface area (Å²) in [6, 6.07) is 56.0. The Hall–Kier alpha value is -7.64. The molecule has 7 nitrogen and oxygen atoms in total. The van der Waals surface area contributed by atoms with Crippen LogP contribution >= 0.6 is 0 Å². The van der Waals surface area contributed by atoms with Gasteiger partial charge in [-0.15, -0.1) is 0 Å². The molecule has 0 atom stereocenters. The number of imidazole rings is 1. The summed E-state index contributed by atoms with van der Waals surface area (Å²) in [5, 5.41) is 7.22. The van der Waals surface area contributed by atoms with Crippen molar-refractivity contribution >= 4 is 76.5 Å². The van der Waals surface area contributed by atoms with Crippen LogP contribution in [0.25, 0.3) is 93.6 Å². The molecular formula is C54H42N6O. The number of fused-ring (bicyclic) bond motifs is 13. The van der Waals surface area contributed by atoms with Crippen LogP contribution in [0.15, 0.2) is 164 Å². The summed E-state index contributed by atoms with van der Waals surface area (Å²) < 4.78 is 18.2. The number of hydrogen-bond donors (Lipinski definition) is 0. The first-order valence-electron chi connectivity index (χ1n) is 20.8. The number of benzene rings is 7. The largest absolute Gasteiger partial charge is 0.458 e. The lowest BCUT2D eigenvalue weighted by Crippen LogP contribution is -2.29. The van der Waals surface area contributed by atoms with E-state index in [-0.39, 0.29) is 5.41 Å². The average molecular weight is 791 g/mol. The van der Waals surface area contributed by atoms with Crippen LogP contribution in [-0.4, -0.2) is 23.3 Å². The van der Waals surface area contributed by atoms with E-state index < -0.39 is 0 Å². The number of nitrogens with zero attached hydrogens (tertiary/aromatic N) is 6. The molecule has 0 radical (unpaired) electrons. The molecule has 61 heavy (non-hydrogen) atoms. The zero-order valence-corrected chi connectivity index (χ0v) is 34.7. The second kappa shape index (κ2) is 12.9. The maximum Gasteiger partial charge on any atom is 0.244 e. The number of aryl methyl sites for hydroxylation is 2. The first kappa shape index (κ1) is 35.3. The van der Waals surface area contributed by atoms with Gasteiger partial charge in [-0.25, -0.2) is 4.98 Å². The van der Waals surface area contributed by atoms with Gasteiger partial charge in [0.15, 0.2) is 0 Å². The van der Waals surface area contributed by atoms with Gasteiger partial charge in [-0.1, -0.05) is 112 Å². The quantitative estimate of drug-likeness (QED) is 0.129. The summed E-state index contributed by atoms with van der Waals surface area (Å²) in [5.41, 5.74) is 12.2. The van der Waals surface area contributed by atoms with Gasteiger partial charge in [0.25, 0.3) is 0 Å². The fraction of sp³-hybridized carbons (Fsp3) is 0.111. The summed E-state index contributed by atoms with van der Waals surface area (Å²) in [5.74, 6) is 2.34. The SMILES string of the molecule is Cn1[c-][n+](-c2cccc(Oc3ccc4c5c6c(c7ccccc7n6-c6ccccc6)c6c7ccccc7n(C)c6c5n(-c5cc(C(C)(C)C)ccn5)c4c3)c2)c2ccccc21. The molecule has 5 aromatic heterocycles. The predicted molar refractivity (Wildman–Crippen MR) is 249 cm³/mol. The molecule has 0 N–H and O–H groups in total. The predicted octanol–water partition coefficient (Wildman–Crippen LogP) is 12.6. The van der Waals surface area contributed by atoms with Gasteiger partial charge >= 0.3 is 0 Å². The van der Waals surface area contributed by atoms with E-state index in [9.17, 15) is 0 Å². The maximum absolute atomic E-state index is 6.84. The highest BCUT2D eigenvalue weighted by Crippen LogP contribution is 2.49. The van der Waals surface area contributed by atoms with Gasteiger partial charge in [0.2, 0.25) is 6.33 Å². The molecule has 7 heteroatoms. The Morgan fingerprint density at radius 2 is 1.21 bits per heavy atom. The van der Waals surface area contributed by atoms with Crippen LogP contribution in [0, 0.1) is 6.33 Å². The number of para-hydroxylation sites is 5. The highest BCUT2D eigenvalue weighted by molar-refractivity contribution is 6.40. The zero-order valence-electron chi connectivity index (χ0n) is 34.7. The van der Waals surface area contributed by atoms with Gasteiger partial charge in [0.1, 0.15) is 17.3 Å². The van der Waals surface area contributed by atoms with E-state index in [4.69, 9.17) is 9.72 Å². The normalized spacial score (nSPS) is 12.3. The van der Waals surface area contributed by atoms with Crippen molar-refractivity contribution in [2.75, 3.05) is 0 Å². The highest BCUT2D eigenvalue weighted by Gasteiger charge is 2.28. The van der Waals surface area contributed by atoms with Crippen molar-refractivity contribution in [2.45, 2.75) is 26.2 Å². The van der Waals surface area contributed by atoms with Gasteiger partial charge in [-0.05, 0) is 71.6 Å². The molecule has 0 amide bonds. The van der Waals surface area contributed by atoms with Crippen LogP contribution < -0.4 is 9.30 Å². The van der Waals surface area contributed by atoms with E-state index in [0.717, 1.165) is 61.7 Å². The Kier molecular flexibility index (Phi) is 7.49. The molecule has 7 aromatic carbocycles. The minimum absolute atomic E-state index is 0.0861. The van der Waals surface area contributed by atoms with E-state index in [2.05, 4.69) is 198 Å². The van der Waals surface area contributed by atoms with Crippen molar-refractivity contribution in [1.82, 2.24) is 23.3 Å². The topological polar surface area (TPSA) is 45.7 Å². The van der Waals surface area contributed by atoms with E-state index in [0.29, 0.717) is 0 Å². The highest BCUT2D eigenvalue weighted by atomic mass is 16.5. The molecule has 0 saturated heterocycles. The number of ether oxygens (including phenoxy) is 1. The van der Waals surface area contributed by atoms with E-state index in [1.165, 1.54) is 49.0 Å². The van der Waals surface area contributed by atoms with Gasteiger partial charge in [0.05, 0.1) is 51.4 Å². The molecule has 0 aliphatic rings. The molecule has 0 fully saturated rings. The van der Waals surface area contributed by atoms with Crippen LogP contribution in [-0.2, 0) is 19.5 Å². The van der Waals surface area contributed by atoms with Gasteiger partial charge in [-0.3, -0.25) is 4.57 Å². The second-order valence-corrected chi connectivity index (χ2v) is 17.2. The zero-order chi connectivity index (χ0) is 41.1. The molecule has 0 spiro atoms. The Bertz CT molecular complexity index is 3740. The van der Waals surface area contributed by atoms with Crippen molar-refractivity contribution in [3.63, 3.8) is 0 Å². The molecule has 0 unspecified atom stereocenters. The second-order valence-electron chi connectivity index (χ2n) is 17.2. The number of pyridine rings is 1. The van der Waals surface area contributed by atoms with Crippen LogP contribution in [0.2, 0.25) is 0 Å². The smallest absolute Gasteiger partial charge is 0.244 e. The summed E-state index contributed by atoms with van der Waals surface area (Å²) in [6.07, 6.45) is 5.43. The van der Waals surface area contributed by atoms with Crippen LogP contribution in [0.5, 0.6) is 11.5 Å². The van der Waals surface area contributed by atoms with Crippen molar-refractivity contribution in [3.8, 4) is 28.7 Å². The Morgan fingerprint density at radius 1 is 0.541 bits per heavy atom. The fourth-order valence-electron chi connectivity index (χ4n) is 9.75. The van der Waals surface area contributed by atoms with E-state index >= 15 is 0 Å². The van der Waals surface area contributed by atoms with Gasteiger partial charge < -0.3 is 23.0 Å². The number of rotatable bonds is 5. The molecule has 5 heterocycles. The minimum atomic E-state index is -0.0861. The third-order valence-electron chi connectivity index (χ3n) is 12.5. The molecule has 0 saturated carbocycles. The fourth-order valence-corrected chi connectivity index (χ4v) is 9.75. The van der Waals surface area contributed by atoms with E-state index in [1.807, 2.05) is 29.9 Å². The van der Waals surface area contributed by atoms with Gasteiger partial charge in [0, 0.05) is 62.8 Å².